The molecular weight excluding hydrogens is 285 g/mol. The van der Waals surface area contributed by atoms with Crippen molar-refractivity contribution in [1.82, 2.24) is 15.3 Å². The first-order valence-electron chi connectivity index (χ1n) is 7.09. The summed E-state index contributed by atoms with van der Waals surface area (Å²) in [6, 6.07) is 4.70. The van der Waals surface area contributed by atoms with E-state index in [1.54, 1.807) is 18.3 Å². The highest BCUT2D eigenvalue weighted by molar-refractivity contribution is 5.93. The number of nitrogens with one attached hydrogen (secondary N) is 1. The molecule has 5 nitrogen and oxygen atoms in total. The molecule has 1 amide bonds. The van der Waals surface area contributed by atoms with E-state index in [9.17, 15) is 9.18 Å². The van der Waals surface area contributed by atoms with Gasteiger partial charge in [0.1, 0.15) is 5.82 Å². The minimum absolute atomic E-state index is 0.0794. The van der Waals surface area contributed by atoms with Gasteiger partial charge in [-0.2, -0.15) is 0 Å². The Morgan fingerprint density at radius 1 is 1.41 bits per heavy atom. The van der Waals surface area contributed by atoms with Crippen LogP contribution in [0.5, 0.6) is 5.88 Å². The molecule has 1 N–H and O–H groups in total. The number of nitrogens with zero attached hydrogens (tertiary/aromatic N) is 2. The van der Waals surface area contributed by atoms with Gasteiger partial charge in [0.15, 0.2) is 0 Å². The first kappa shape index (κ1) is 15.9. The monoisotopic (exact) mass is 303 g/mol. The molecule has 116 valence electrons. The standard InChI is InChI=1S/C16H18FN3O2/c1-3-11(2)22-15-6-12(4-5-19-15)8-20-16(21)13-7-14(17)10-18-9-13/h4-7,9-11H,3,8H2,1-2H3,(H,20,21). The lowest BCUT2D eigenvalue weighted by molar-refractivity contribution is 0.0950. The summed E-state index contributed by atoms with van der Waals surface area (Å²) in [4.78, 5) is 19.7. The van der Waals surface area contributed by atoms with Crippen LogP contribution < -0.4 is 10.1 Å². The second-order valence-corrected chi connectivity index (χ2v) is 4.91. The van der Waals surface area contributed by atoms with Crippen molar-refractivity contribution in [3.05, 3.63) is 53.7 Å². The fourth-order valence-corrected chi connectivity index (χ4v) is 1.73. The van der Waals surface area contributed by atoms with Gasteiger partial charge in [-0.25, -0.2) is 9.37 Å². The number of carbonyl (C=O) groups excluding carboxylic acids is 1. The predicted octanol–water partition coefficient (Wildman–Crippen LogP) is 2.72. The van der Waals surface area contributed by atoms with Crippen molar-refractivity contribution in [2.24, 2.45) is 0 Å². The molecule has 1 atom stereocenters. The number of rotatable bonds is 6. The number of hydrogen-bond donors (Lipinski definition) is 1. The van der Waals surface area contributed by atoms with Crippen LogP contribution >= 0.6 is 0 Å². The van der Waals surface area contributed by atoms with Crippen LogP contribution in [0.4, 0.5) is 4.39 Å². The number of pyridine rings is 2. The lowest BCUT2D eigenvalue weighted by Crippen LogP contribution is -2.23. The lowest BCUT2D eigenvalue weighted by Gasteiger charge is -2.12. The number of aromatic nitrogens is 2. The van der Waals surface area contributed by atoms with Crippen molar-refractivity contribution in [3.8, 4) is 5.88 Å². The van der Waals surface area contributed by atoms with E-state index in [0.717, 1.165) is 24.2 Å². The third kappa shape index (κ3) is 4.51. The van der Waals surface area contributed by atoms with Gasteiger partial charge in [-0.15, -0.1) is 0 Å². The summed E-state index contributed by atoms with van der Waals surface area (Å²) in [7, 11) is 0. The van der Waals surface area contributed by atoms with Crippen LogP contribution in [-0.2, 0) is 6.54 Å². The van der Waals surface area contributed by atoms with Gasteiger partial charge in [0, 0.05) is 25.0 Å². The highest BCUT2D eigenvalue weighted by Crippen LogP contribution is 2.12. The molecule has 0 aromatic carbocycles. The zero-order valence-electron chi connectivity index (χ0n) is 12.5. The van der Waals surface area contributed by atoms with E-state index in [-0.39, 0.29) is 17.6 Å². The van der Waals surface area contributed by atoms with Crippen LogP contribution in [0.15, 0.2) is 36.8 Å². The summed E-state index contributed by atoms with van der Waals surface area (Å²) < 4.78 is 18.7. The molecule has 2 aromatic rings. The van der Waals surface area contributed by atoms with Crippen LogP contribution in [0, 0.1) is 5.82 Å². The fourth-order valence-electron chi connectivity index (χ4n) is 1.73. The minimum atomic E-state index is -0.541. The van der Waals surface area contributed by atoms with Gasteiger partial charge in [0.2, 0.25) is 5.88 Å². The fraction of sp³-hybridized carbons (Fsp3) is 0.312. The molecule has 0 aliphatic heterocycles. The molecule has 2 rings (SSSR count). The summed E-state index contributed by atoms with van der Waals surface area (Å²) in [5, 5.41) is 2.71. The Labute approximate surface area is 128 Å². The van der Waals surface area contributed by atoms with Gasteiger partial charge in [-0.05, 0) is 31.0 Å². The Kier molecular flexibility index (Phi) is 5.41. The van der Waals surface area contributed by atoms with E-state index < -0.39 is 5.82 Å². The van der Waals surface area contributed by atoms with Gasteiger partial charge in [0.05, 0.1) is 17.9 Å². The summed E-state index contributed by atoms with van der Waals surface area (Å²) in [5.74, 6) is -0.400. The Morgan fingerprint density at radius 2 is 2.23 bits per heavy atom. The van der Waals surface area contributed by atoms with Gasteiger partial charge >= 0.3 is 0 Å². The molecule has 22 heavy (non-hydrogen) atoms. The smallest absolute Gasteiger partial charge is 0.253 e. The number of amides is 1. The highest BCUT2D eigenvalue weighted by Gasteiger charge is 2.08. The van der Waals surface area contributed by atoms with E-state index >= 15 is 0 Å². The van der Waals surface area contributed by atoms with Gasteiger partial charge < -0.3 is 10.1 Å². The van der Waals surface area contributed by atoms with Crippen molar-refractivity contribution < 1.29 is 13.9 Å². The maximum Gasteiger partial charge on any atom is 0.253 e. The SMILES string of the molecule is CCC(C)Oc1cc(CNC(=O)c2cncc(F)c2)ccn1. The van der Waals surface area contributed by atoms with Crippen LogP contribution in [0.25, 0.3) is 0 Å². The summed E-state index contributed by atoms with van der Waals surface area (Å²) in [6.45, 7) is 4.30. The van der Waals surface area contributed by atoms with E-state index in [0.29, 0.717) is 12.4 Å². The topological polar surface area (TPSA) is 64.1 Å². The highest BCUT2D eigenvalue weighted by atomic mass is 19.1. The number of halogens is 1. The quantitative estimate of drug-likeness (QED) is 0.891. The summed E-state index contributed by atoms with van der Waals surface area (Å²) in [6.07, 6.45) is 4.97. The molecule has 2 heterocycles. The third-order valence-corrected chi connectivity index (χ3v) is 3.12. The lowest BCUT2D eigenvalue weighted by atomic mass is 10.2. The number of hydrogen-bond acceptors (Lipinski definition) is 4. The molecule has 2 aromatic heterocycles. The zero-order chi connectivity index (χ0) is 15.9. The zero-order valence-corrected chi connectivity index (χ0v) is 12.5. The molecule has 0 radical (unpaired) electrons. The van der Waals surface area contributed by atoms with Crippen LogP contribution in [0.2, 0.25) is 0 Å². The van der Waals surface area contributed by atoms with E-state index in [1.165, 1.54) is 6.20 Å². The molecule has 0 aliphatic carbocycles. The van der Waals surface area contributed by atoms with Crippen molar-refractivity contribution >= 4 is 5.91 Å². The third-order valence-electron chi connectivity index (χ3n) is 3.12. The largest absolute Gasteiger partial charge is 0.475 e. The first-order valence-corrected chi connectivity index (χ1v) is 7.09. The van der Waals surface area contributed by atoms with Crippen molar-refractivity contribution in [1.29, 1.82) is 0 Å². The van der Waals surface area contributed by atoms with Crippen molar-refractivity contribution in [2.45, 2.75) is 32.9 Å². The van der Waals surface area contributed by atoms with Gasteiger partial charge in [0.25, 0.3) is 5.91 Å². The average Bonchev–Trinajstić information content (AvgIpc) is 2.53. The number of carbonyl (C=O) groups is 1. The first-order chi connectivity index (χ1) is 10.6. The predicted molar refractivity (Wildman–Crippen MR) is 80.0 cm³/mol. The Bertz CT molecular complexity index is 649. The van der Waals surface area contributed by atoms with Crippen molar-refractivity contribution in [3.63, 3.8) is 0 Å². The Hall–Kier alpha value is -2.50. The van der Waals surface area contributed by atoms with E-state index in [4.69, 9.17) is 4.74 Å². The summed E-state index contributed by atoms with van der Waals surface area (Å²) in [5.41, 5.74) is 1.04. The van der Waals surface area contributed by atoms with Crippen LogP contribution in [-0.4, -0.2) is 22.0 Å². The normalized spacial score (nSPS) is 11.8. The maximum atomic E-state index is 13.0. The second kappa shape index (κ2) is 7.49. The molecule has 0 saturated heterocycles. The molecule has 0 fully saturated rings. The second-order valence-electron chi connectivity index (χ2n) is 4.91. The summed E-state index contributed by atoms with van der Waals surface area (Å²) >= 11 is 0. The van der Waals surface area contributed by atoms with Gasteiger partial charge in [-0.1, -0.05) is 6.92 Å². The molecule has 6 heteroatoms. The molecule has 0 bridgehead atoms. The molecule has 1 unspecified atom stereocenters. The molecular formula is C16H18FN3O2. The Balaban J connectivity index is 1.96. The van der Waals surface area contributed by atoms with Crippen LogP contribution in [0.1, 0.15) is 36.2 Å². The molecule has 0 spiro atoms. The van der Waals surface area contributed by atoms with E-state index in [2.05, 4.69) is 15.3 Å². The van der Waals surface area contributed by atoms with Crippen LogP contribution in [0.3, 0.4) is 0 Å². The van der Waals surface area contributed by atoms with E-state index in [1.807, 2.05) is 13.8 Å². The maximum absolute atomic E-state index is 13.0. The number of ether oxygens (including phenoxy) is 1. The minimum Gasteiger partial charge on any atom is -0.475 e. The Morgan fingerprint density at radius 3 is 2.95 bits per heavy atom. The molecule has 0 saturated carbocycles. The average molecular weight is 303 g/mol. The van der Waals surface area contributed by atoms with Crippen molar-refractivity contribution in [2.75, 3.05) is 0 Å². The van der Waals surface area contributed by atoms with Gasteiger partial charge in [-0.3, -0.25) is 9.78 Å². The molecule has 0 aliphatic rings.